The van der Waals surface area contributed by atoms with Crippen LogP contribution >= 0.6 is 0 Å². The van der Waals surface area contributed by atoms with Crippen LogP contribution in [0, 0.1) is 11.7 Å². The maximum absolute atomic E-state index is 13.9. The van der Waals surface area contributed by atoms with Gasteiger partial charge < -0.3 is 4.74 Å². The van der Waals surface area contributed by atoms with Gasteiger partial charge in [-0.05, 0) is 19.1 Å². The number of rotatable bonds is 2. The summed E-state index contributed by atoms with van der Waals surface area (Å²) in [5.41, 5.74) is 0.739. The lowest BCUT2D eigenvalue weighted by molar-refractivity contribution is -0.133. The maximum atomic E-state index is 13.9. The Morgan fingerprint density at radius 3 is 2.73 bits per heavy atom. The van der Waals surface area contributed by atoms with Crippen molar-refractivity contribution in [1.82, 2.24) is 5.43 Å². The number of nitrogens with zero attached hydrogens (tertiary/aromatic N) is 2. The van der Waals surface area contributed by atoms with Gasteiger partial charge in [-0.1, -0.05) is 12.1 Å². The van der Waals surface area contributed by atoms with Crippen molar-refractivity contribution in [3.8, 4) is 0 Å². The summed E-state index contributed by atoms with van der Waals surface area (Å²) >= 11 is 0. The molecule has 1 saturated heterocycles. The number of hydrogen-bond donors (Lipinski definition) is 1. The summed E-state index contributed by atoms with van der Waals surface area (Å²) in [6.45, 7) is 1.44. The van der Waals surface area contributed by atoms with Crippen molar-refractivity contribution in [2.45, 2.75) is 12.5 Å². The fraction of sp³-hybridized carbons (Fsp3) is 0.286. The average Bonchev–Trinajstić information content (AvgIpc) is 2.95. The zero-order chi connectivity index (χ0) is 16.1. The van der Waals surface area contributed by atoms with Crippen molar-refractivity contribution >= 4 is 29.2 Å². The Balaban J connectivity index is 2.07. The van der Waals surface area contributed by atoms with Gasteiger partial charge in [0.15, 0.2) is 5.71 Å². The van der Waals surface area contributed by atoms with Crippen LogP contribution in [0.4, 0.5) is 10.1 Å². The molecule has 0 aromatic heterocycles. The second-order valence-electron chi connectivity index (χ2n) is 5.17. The van der Waals surface area contributed by atoms with Crippen LogP contribution in [-0.4, -0.2) is 36.1 Å². The van der Waals surface area contributed by atoms with Crippen molar-refractivity contribution in [2.75, 3.05) is 12.0 Å². The minimum atomic E-state index is -1.43. The van der Waals surface area contributed by atoms with E-state index in [1.54, 1.807) is 0 Å². The third-order valence-electron chi connectivity index (χ3n) is 3.86. The summed E-state index contributed by atoms with van der Waals surface area (Å²) in [4.78, 5) is 37.6. The number of carbonyl (C=O) groups is 3. The van der Waals surface area contributed by atoms with E-state index in [-0.39, 0.29) is 11.4 Å². The minimum Gasteiger partial charge on any atom is -0.464 e. The van der Waals surface area contributed by atoms with Gasteiger partial charge in [0.25, 0.3) is 5.91 Å². The highest BCUT2D eigenvalue weighted by atomic mass is 19.1. The van der Waals surface area contributed by atoms with E-state index in [0.717, 1.165) is 18.1 Å². The predicted molar refractivity (Wildman–Crippen MR) is 73.4 cm³/mol. The van der Waals surface area contributed by atoms with Crippen LogP contribution in [0.1, 0.15) is 6.92 Å². The summed E-state index contributed by atoms with van der Waals surface area (Å²) in [6, 6.07) is 5.43. The SMILES string of the molecule is COC(=O)C1=NN[C@]2(C)C(=O)N(c3ccccc3F)C(=O)[C@H]12. The lowest BCUT2D eigenvalue weighted by Gasteiger charge is -2.20. The van der Waals surface area contributed by atoms with Gasteiger partial charge in [0, 0.05) is 0 Å². The van der Waals surface area contributed by atoms with E-state index >= 15 is 0 Å². The molecule has 2 atom stereocenters. The molecule has 114 valence electrons. The van der Waals surface area contributed by atoms with E-state index < -0.39 is 35.1 Å². The molecule has 0 bridgehead atoms. The molecule has 7 nitrogen and oxygen atoms in total. The molecule has 2 amide bonds. The molecule has 0 unspecified atom stereocenters. The Kier molecular flexibility index (Phi) is 2.98. The van der Waals surface area contributed by atoms with Crippen LogP contribution in [0.25, 0.3) is 0 Å². The lowest BCUT2D eigenvalue weighted by Crippen LogP contribution is -2.48. The Morgan fingerprint density at radius 1 is 1.41 bits per heavy atom. The second kappa shape index (κ2) is 4.62. The second-order valence-corrected chi connectivity index (χ2v) is 5.17. The first-order valence-corrected chi connectivity index (χ1v) is 6.48. The third-order valence-corrected chi connectivity index (χ3v) is 3.86. The van der Waals surface area contributed by atoms with Crippen molar-refractivity contribution in [2.24, 2.45) is 11.0 Å². The monoisotopic (exact) mass is 305 g/mol. The molecule has 0 saturated carbocycles. The molecule has 0 radical (unpaired) electrons. The molecule has 1 aromatic rings. The van der Waals surface area contributed by atoms with Crippen LogP contribution in [0.3, 0.4) is 0 Å². The lowest BCUT2D eigenvalue weighted by atomic mass is 9.86. The van der Waals surface area contributed by atoms with Crippen molar-refractivity contribution in [3.05, 3.63) is 30.1 Å². The van der Waals surface area contributed by atoms with Gasteiger partial charge in [-0.3, -0.25) is 15.0 Å². The van der Waals surface area contributed by atoms with E-state index in [1.165, 1.54) is 25.1 Å². The predicted octanol–water partition coefficient (Wildman–Crippen LogP) is 0.206. The Hall–Kier alpha value is -2.77. The smallest absolute Gasteiger partial charge is 0.355 e. The summed E-state index contributed by atoms with van der Waals surface area (Å²) in [6.07, 6.45) is 0. The highest BCUT2D eigenvalue weighted by Crippen LogP contribution is 2.38. The van der Waals surface area contributed by atoms with Gasteiger partial charge in [0.05, 0.1) is 12.8 Å². The molecule has 22 heavy (non-hydrogen) atoms. The fourth-order valence-electron chi connectivity index (χ4n) is 2.70. The molecule has 2 aliphatic rings. The van der Waals surface area contributed by atoms with E-state index in [4.69, 9.17) is 0 Å². The van der Waals surface area contributed by atoms with Crippen LogP contribution in [0.2, 0.25) is 0 Å². The number of hydrogen-bond acceptors (Lipinski definition) is 6. The largest absolute Gasteiger partial charge is 0.464 e. The topological polar surface area (TPSA) is 88.1 Å². The zero-order valence-corrected chi connectivity index (χ0v) is 11.8. The van der Waals surface area contributed by atoms with Crippen molar-refractivity contribution < 1.29 is 23.5 Å². The highest BCUT2D eigenvalue weighted by molar-refractivity contribution is 6.47. The van der Waals surface area contributed by atoms with Crippen LogP contribution in [0.5, 0.6) is 0 Å². The molecule has 2 aliphatic heterocycles. The molecular formula is C14H12FN3O4. The van der Waals surface area contributed by atoms with Gasteiger partial charge in [0.1, 0.15) is 17.3 Å². The summed E-state index contributed by atoms with van der Waals surface area (Å²) in [5, 5.41) is 3.74. The number of fused-ring (bicyclic) bond motifs is 1. The third kappa shape index (κ3) is 1.66. The standard InChI is InChI=1S/C14H12FN3O4/c1-14-9(10(16-17-14)12(20)22-2)11(19)18(13(14)21)8-6-4-3-5-7(8)15/h3-6,9,17H,1-2H3/t9-,14-/m0/s1. The molecule has 3 rings (SSSR count). The van der Waals surface area contributed by atoms with Crippen molar-refractivity contribution in [1.29, 1.82) is 0 Å². The van der Waals surface area contributed by atoms with Gasteiger partial charge in [-0.15, -0.1) is 0 Å². The Labute approximate surface area is 124 Å². The normalized spacial score (nSPS) is 26.6. The molecule has 1 N–H and O–H groups in total. The van der Waals surface area contributed by atoms with Gasteiger partial charge >= 0.3 is 5.97 Å². The minimum absolute atomic E-state index is 0.154. The van der Waals surface area contributed by atoms with Crippen LogP contribution in [0.15, 0.2) is 29.4 Å². The molecular weight excluding hydrogens is 293 g/mol. The molecule has 1 aromatic carbocycles. The first-order chi connectivity index (χ1) is 10.4. The number of anilines is 1. The first kappa shape index (κ1) is 14.2. The number of benzene rings is 1. The number of nitrogens with one attached hydrogen (secondary N) is 1. The fourth-order valence-corrected chi connectivity index (χ4v) is 2.70. The molecule has 0 spiro atoms. The number of esters is 1. The van der Waals surface area contributed by atoms with Crippen LogP contribution in [-0.2, 0) is 19.1 Å². The molecule has 8 heteroatoms. The Bertz CT molecular complexity index is 733. The number of para-hydroxylation sites is 1. The Morgan fingerprint density at radius 2 is 2.09 bits per heavy atom. The van der Waals surface area contributed by atoms with Gasteiger partial charge in [-0.2, -0.15) is 5.10 Å². The van der Waals surface area contributed by atoms with E-state index in [9.17, 15) is 18.8 Å². The number of ether oxygens (including phenoxy) is 1. The first-order valence-electron chi connectivity index (χ1n) is 6.48. The van der Waals surface area contributed by atoms with E-state index in [0.29, 0.717) is 0 Å². The number of hydrazone groups is 1. The van der Waals surface area contributed by atoms with Gasteiger partial charge in [0.2, 0.25) is 5.91 Å². The molecule has 1 fully saturated rings. The number of carbonyl (C=O) groups excluding carboxylic acids is 3. The summed E-state index contributed by atoms with van der Waals surface area (Å²) in [5.74, 6) is -4.05. The quantitative estimate of drug-likeness (QED) is 0.623. The number of methoxy groups -OCH3 is 1. The highest BCUT2D eigenvalue weighted by Gasteiger charge is 2.63. The van der Waals surface area contributed by atoms with Crippen molar-refractivity contribution in [3.63, 3.8) is 0 Å². The number of amides is 2. The average molecular weight is 305 g/mol. The summed E-state index contributed by atoms with van der Waals surface area (Å²) in [7, 11) is 1.15. The number of halogens is 1. The zero-order valence-electron chi connectivity index (χ0n) is 11.8. The molecule has 0 aliphatic carbocycles. The number of imide groups is 1. The molecule has 2 heterocycles. The summed E-state index contributed by atoms with van der Waals surface area (Å²) < 4.78 is 18.5. The van der Waals surface area contributed by atoms with Gasteiger partial charge in [-0.25, -0.2) is 14.1 Å². The van der Waals surface area contributed by atoms with E-state index in [2.05, 4.69) is 15.3 Å². The maximum Gasteiger partial charge on any atom is 0.355 e. The van der Waals surface area contributed by atoms with E-state index in [1.807, 2.05) is 0 Å². The van der Waals surface area contributed by atoms with Crippen LogP contribution < -0.4 is 10.3 Å².